The van der Waals surface area contributed by atoms with Crippen LogP contribution in [0.1, 0.15) is 26.2 Å². The fourth-order valence-corrected chi connectivity index (χ4v) is 1.49. The summed E-state index contributed by atoms with van der Waals surface area (Å²) in [5.74, 6) is -3.17. The standard InChI is InChI=1S/C10H16N2O4/c1-6(10(15)16)8(13)12-7-4-2-3-5-11-9(7)14/h6-7H,2-5H2,1H3,(H,11,14)(H,12,13)(H,15,16). The molecule has 1 fully saturated rings. The first kappa shape index (κ1) is 12.5. The van der Waals surface area contributed by atoms with Gasteiger partial charge in [0, 0.05) is 6.54 Å². The molecule has 2 unspecified atom stereocenters. The Morgan fingerprint density at radius 2 is 2.19 bits per heavy atom. The maximum Gasteiger partial charge on any atom is 0.315 e. The predicted molar refractivity (Wildman–Crippen MR) is 55.6 cm³/mol. The Morgan fingerprint density at radius 1 is 1.50 bits per heavy atom. The molecule has 2 atom stereocenters. The second kappa shape index (κ2) is 5.48. The van der Waals surface area contributed by atoms with Crippen molar-refractivity contribution in [1.29, 1.82) is 0 Å². The Morgan fingerprint density at radius 3 is 2.81 bits per heavy atom. The molecule has 1 rings (SSSR count). The summed E-state index contributed by atoms with van der Waals surface area (Å²) in [5, 5.41) is 13.8. The molecule has 6 nitrogen and oxygen atoms in total. The summed E-state index contributed by atoms with van der Waals surface area (Å²) < 4.78 is 0. The predicted octanol–water partition coefficient (Wildman–Crippen LogP) is -0.508. The number of carbonyl (C=O) groups excluding carboxylic acids is 2. The van der Waals surface area contributed by atoms with Crippen LogP contribution in [-0.4, -0.2) is 35.5 Å². The van der Waals surface area contributed by atoms with E-state index in [9.17, 15) is 14.4 Å². The molecule has 0 saturated carbocycles. The van der Waals surface area contributed by atoms with Gasteiger partial charge in [-0.2, -0.15) is 0 Å². The summed E-state index contributed by atoms with van der Waals surface area (Å²) in [7, 11) is 0. The smallest absolute Gasteiger partial charge is 0.315 e. The van der Waals surface area contributed by atoms with Gasteiger partial charge >= 0.3 is 5.97 Å². The molecule has 3 N–H and O–H groups in total. The highest BCUT2D eigenvalue weighted by Crippen LogP contribution is 2.06. The van der Waals surface area contributed by atoms with Crippen molar-refractivity contribution in [3.63, 3.8) is 0 Å². The lowest BCUT2D eigenvalue weighted by Crippen LogP contribution is -2.48. The van der Waals surface area contributed by atoms with Gasteiger partial charge in [-0.25, -0.2) is 0 Å². The zero-order chi connectivity index (χ0) is 12.1. The normalized spacial score (nSPS) is 22.8. The van der Waals surface area contributed by atoms with Crippen LogP contribution in [0.3, 0.4) is 0 Å². The summed E-state index contributed by atoms with van der Waals surface area (Å²) in [6.07, 6.45) is 2.28. The minimum atomic E-state index is -1.19. The molecule has 0 bridgehead atoms. The van der Waals surface area contributed by atoms with Crippen molar-refractivity contribution in [2.24, 2.45) is 5.92 Å². The van der Waals surface area contributed by atoms with Crippen LogP contribution >= 0.6 is 0 Å². The Bertz CT molecular complexity index is 303. The van der Waals surface area contributed by atoms with Crippen LogP contribution in [0.4, 0.5) is 0 Å². The highest BCUT2D eigenvalue weighted by Gasteiger charge is 2.27. The van der Waals surface area contributed by atoms with Gasteiger partial charge in [0.25, 0.3) is 0 Å². The van der Waals surface area contributed by atoms with Crippen molar-refractivity contribution in [2.45, 2.75) is 32.2 Å². The molecule has 2 amide bonds. The van der Waals surface area contributed by atoms with E-state index in [1.165, 1.54) is 6.92 Å². The first-order valence-electron chi connectivity index (χ1n) is 5.33. The van der Waals surface area contributed by atoms with Crippen molar-refractivity contribution in [1.82, 2.24) is 10.6 Å². The van der Waals surface area contributed by atoms with E-state index in [-0.39, 0.29) is 5.91 Å². The number of nitrogens with one attached hydrogen (secondary N) is 2. The van der Waals surface area contributed by atoms with Gasteiger partial charge < -0.3 is 15.7 Å². The van der Waals surface area contributed by atoms with E-state index < -0.39 is 23.8 Å². The van der Waals surface area contributed by atoms with Crippen molar-refractivity contribution in [3.05, 3.63) is 0 Å². The molecule has 16 heavy (non-hydrogen) atoms. The molecular weight excluding hydrogens is 212 g/mol. The van der Waals surface area contributed by atoms with Crippen molar-refractivity contribution in [3.8, 4) is 0 Å². The fourth-order valence-electron chi connectivity index (χ4n) is 1.49. The van der Waals surface area contributed by atoms with Crippen molar-refractivity contribution >= 4 is 17.8 Å². The zero-order valence-electron chi connectivity index (χ0n) is 9.16. The minimum absolute atomic E-state index is 0.233. The number of carbonyl (C=O) groups is 3. The van der Waals surface area contributed by atoms with E-state index in [2.05, 4.69) is 10.6 Å². The molecule has 1 heterocycles. The number of hydrogen-bond donors (Lipinski definition) is 3. The number of aliphatic carboxylic acids is 1. The van der Waals surface area contributed by atoms with Crippen LogP contribution in [0.15, 0.2) is 0 Å². The molecule has 6 heteroatoms. The second-order valence-corrected chi connectivity index (χ2v) is 3.91. The number of carboxylic acids is 1. The minimum Gasteiger partial charge on any atom is -0.481 e. The van der Waals surface area contributed by atoms with Gasteiger partial charge in [-0.3, -0.25) is 14.4 Å². The van der Waals surface area contributed by atoms with Crippen LogP contribution in [-0.2, 0) is 14.4 Å². The third-order valence-corrected chi connectivity index (χ3v) is 2.62. The van der Waals surface area contributed by atoms with E-state index >= 15 is 0 Å². The summed E-state index contributed by atoms with van der Waals surface area (Å²) in [4.78, 5) is 33.5. The highest BCUT2D eigenvalue weighted by atomic mass is 16.4. The molecule has 90 valence electrons. The lowest BCUT2D eigenvalue weighted by atomic mass is 10.1. The quantitative estimate of drug-likeness (QED) is 0.567. The van der Waals surface area contributed by atoms with Gasteiger partial charge in [0.2, 0.25) is 11.8 Å². The summed E-state index contributed by atoms with van der Waals surface area (Å²) in [5.41, 5.74) is 0. The Balaban J connectivity index is 2.54. The third-order valence-electron chi connectivity index (χ3n) is 2.62. The van der Waals surface area contributed by atoms with Crippen LogP contribution in [0.25, 0.3) is 0 Å². The highest BCUT2D eigenvalue weighted by molar-refractivity contribution is 5.98. The fraction of sp³-hybridized carbons (Fsp3) is 0.700. The molecule has 0 spiro atoms. The number of hydrogen-bond acceptors (Lipinski definition) is 3. The Labute approximate surface area is 93.4 Å². The number of rotatable bonds is 3. The van der Waals surface area contributed by atoms with Crippen LogP contribution in [0.2, 0.25) is 0 Å². The molecule has 1 aliphatic heterocycles. The first-order chi connectivity index (χ1) is 7.52. The lowest BCUT2D eigenvalue weighted by molar-refractivity contribution is -0.147. The van der Waals surface area contributed by atoms with E-state index in [4.69, 9.17) is 5.11 Å². The molecular formula is C10H16N2O4. The summed E-state index contributed by atoms with van der Waals surface area (Å²) >= 11 is 0. The van der Waals surface area contributed by atoms with Crippen LogP contribution in [0, 0.1) is 5.92 Å². The van der Waals surface area contributed by atoms with E-state index in [0.717, 1.165) is 12.8 Å². The van der Waals surface area contributed by atoms with Crippen LogP contribution in [0.5, 0.6) is 0 Å². The van der Waals surface area contributed by atoms with Crippen molar-refractivity contribution < 1.29 is 19.5 Å². The van der Waals surface area contributed by atoms with Crippen molar-refractivity contribution in [2.75, 3.05) is 6.54 Å². The maximum atomic E-state index is 11.5. The van der Waals surface area contributed by atoms with E-state index in [0.29, 0.717) is 13.0 Å². The number of amides is 2. The SMILES string of the molecule is CC(C(=O)O)C(=O)NC1CCCCNC1=O. The zero-order valence-corrected chi connectivity index (χ0v) is 9.16. The molecule has 0 aliphatic carbocycles. The third kappa shape index (κ3) is 3.22. The molecule has 0 aromatic heterocycles. The first-order valence-corrected chi connectivity index (χ1v) is 5.33. The Kier molecular flexibility index (Phi) is 4.28. The topological polar surface area (TPSA) is 95.5 Å². The molecule has 0 radical (unpaired) electrons. The van der Waals surface area contributed by atoms with Gasteiger partial charge in [0.05, 0.1) is 0 Å². The molecule has 1 aliphatic rings. The monoisotopic (exact) mass is 228 g/mol. The van der Waals surface area contributed by atoms with Gasteiger partial charge in [-0.1, -0.05) is 0 Å². The van der Waals surface area contributed by atoms with Gasteiger partial charge in [0.15, 0.2) is 0 Å². The average Bonchev–Trinajstić information content (AvgIpc) is 2.43. The lowest BCUT2D eigenvalue weighted by Gasteiger charge is -2.16. The molecule has 0 aromatic carbocycles. The van der Waals surface area contributed by atoms with Gasteiger partial charge in [-0.15, -0.1) is 0 Å². The summed E-state index contributed by atoms with van der Waals surface area (Å²) in [6, 6.07) is -0.600. The van der Waals surface area contributed by atoms with E-state index in [1.807, 2.05) is 0 Å². The van der Waals surface area contributed by atoms with Crippen LogP contribution < -0.4 is 10.6 Å². The molecule has 0 aromatic rings. The maximum absolute atomic E-state index is 11.5. The summed E-state index contributed by atoms with van der Waals surface area (Å²) in [6.45, 7) is 1.91. The van der Waals surface area contributed by atoms with E-state index in [1.54, 1.807) is 0 Å². The molecule has 1 saturated heterocycles. The average molecular weight is 228 g/mol. The number of carboxylic acid groups (broad SMARTS) is 1. The largest absolute Gasteiger partial charge is 0.481 e. The van der Waals surface area contributed by atoms with Gasteiger partial charge in [-0.05, 0) is 26.2 Å². The second-order valence-electron chi connectivity index (χ2n) is 3.91. The Hall–Kier alpha value is -1.59. The van der Waals surface area contributed by atoms with Gasteiger partial charge in [0.1, 0.15) is 12.0 Å².